The molecule has 6 heteroatoms. The van der Waals surface area contributed by atoms with Crippen molar-refractivity contribution in [3.63, 3.8) is 0 Å². The van der Waals surface area contributed by atoms with Gasteiger partial charge in [-0.3, -0.25) is 4.68 Å². The number of nitrogens with zero attached hydrogens (tertiary/aromatic N) is 2. The molecule has 0 spiro atoms. The van der Waals surface area contributed by atoms with Gasteiger partial charge in [0, 0.05) is 23.9 Å². The lowest BCUT2D eigenvalue weighted by Gasteiger charge is -1.98. The molecule has 0 aliphatic rings. The Hall–Kier alpha value is -1.27. The lowest BCUT2D eigenvalue weighted by Crippen LogP contribution is -1.95. The topological polar surface area (TPSA) is 55.1 Å². The number of carboxylic acid groups (broad SMARTS) is 1. The molecular weight excluding hydrogens is 244 g/mol. The molecule has 1 N–H and O–H groups in total. The fourth-order valence-corrected chi connectivity index (χ4v) is 3.04. The minimum atomic E-state index is -0.850. The van der Waals surface area contributed by atoms with Crippen LogP contribution in [0.4, 0.5) is 0 Å². The van der Waals surface area contributed by atoms with Crippen molar-refractivity contribution in [3.8, 4) is 0 Å². The lowest BCUT2D eigenvalue weighted by atomic mass is 10.3. The molecule has 0 aliphatic carbocycles. The van der Waals surface area contributed by atoms with Gasteiger partial charge < -0.3 is 5.11 Å². The third-order valence-corrected chi connectivity index (χ3v) is 3.96. The van der Waals surface area contributed by atoms with Gasteiger partial charge in [0.05, 0.1) is 6.20 Å². The van der Waals surface area contributed by atoms with Crippen LogP contribution in [0.25, 0.3) is 0 Å². The van der Waals surface area contributed by atoms with Crippen LogP contribution < -0.4 is 0 Å². The summed E-state index contributed by atoms with van der Waals surface area (Å²) >= 11 is 2.85. The maximum absolute atomic E-state index is 10.9. The minimum absolute atomic E-state index is 0.427. The summed E-state index contributed by atoms with van der Waals surface area (Å²) in [5.41, 5.74) is 0.867. The number of thiophene rings is 1. The number of aromatic nitrogens is 2. The van der Waals surface area contributed by atoms with Gasteiger partial charge in [0.15, 0.2) is 0 Å². The Labute approximate surface area is 101 Å². The zero-order valence-electron chi connectivity index (χ0n) is 8.58. The van der Waals surface area contributed by atoms with E-state index < -0.39 is 5.97 Å². The average Bonchev–Trinajstić information content (AvgIpc) is 2.83. The van der Waals surface area contributed by atoms with Crippen LogP contribution in [-0.4, -0.2) is 20.9 Å². The van der Waals surface area contributed by atoms with Gasteiger partial charge in [-0.2, -0.15) is 5.10 Å². The van der Waals surface area contributed by atoms with Crippen LogP contribution >= 0.6 is 23.1 Å². The van der Waals surface area contributed by atoms with Crippen molar-refractivity contribution in [2.45, 2.75) is 10.6 Å². The van der Waals surface area contributed by atoms with Crippen molar-refractivity contribution in [3.05, 3.63) is 34.3 Å². The summed E-state index contributed by atoms with van der Waals surface area (Å²) in [5.74, 6) is -0.187. The van der Waals surface area contributed by atoms with Crippen LogP contribution in [0, 0.1) is 0 Å². The molecule has 4 nitrogen and oxygen atoms in total. The highest BCUT2D eigenvalue weighted by Crippen LogP contribution is 2.26. The zero-order chi connectivity index (χ0) is 11.5. The molecular formula is C10H10N2O2S2. The van der Waals surface area contributed by atoms with E-state index in [1.807, 2.05) is 24.7 Å². The average molecular weight is 254 g/mol. The van der Waals surface area contributed by atoms with Crippen LogP contribution in [-0.2, 0) is 12.8 Å². The maximum Gasteiger partial charge on any atom is 0.346 e. The molecule has 0 radical (unpaired) electrons. The predicted octanol–water partition coefficient (Wildman–Crippen LogP) is 2.47. The van der Waals surface area contributed by atoms with Gasteiger partial charge in [0.2, 0.25) is 0 Å². The summed E-state index contributed by atoms with van der Waals surface area (Å²) < 4.78 is 1.73. The highest BCUT2D eigenvalue weighted by atomic mass is 32.2. The maximum atomic E-state index is 10.9. The number of carboxylic acids is 1. The van der Waals surface area contributed by atoms with E-state index in [1.54, 1.807) is 22.6 Å². The predicted molar refractivity (Wildman–Crippen MR) is 64.0 cm³/mol. The first kappa shape index (κ1) is 11.2. The smallest absolute Gasteiger partial charge is 0.346 e. The quantitative estimate of drug-likeness (QED) is 0.852. The number of hydrogen-bond donors (Lipinski definition) is 1. The van der Waals surface area contributed by atoms with Crippen molar-refractivity contribution >= 4 is 29.1 Å². The van der Waals surface area contributed by atoms with Crippen molar-refractivity contribution in [2.24, 2.45) is 7.05 Å². The zero-order valence-corrected chi connectivity index (χ0v) is 10.2. The normalized spacial score (nSPS) is 10.6. The first-order valence-corrected chi connectivity index (χ1v) is 6.44. The second-order valence-electron chi connectivity index (χ2n) is 3.22. The molecule has 2 rings (SSSR count). The van der Waals surface area contributed by atoms with Gasteiger partial charge >= 0.3 is 5.97 Å². The van der Waals surface area contributed by atoms with Crippen molar-refractivity contribution in [1.29, 1.82) is 0 Å². The summed E-state index contributed by atoms with van der Waals surface area (Å²) in [7, 11) is 1.86. The monoisotopic (exact) mass is 254 g/mol. The van der Waals surface area contributed by atoms with Crippen LogP contribution in [0.1, 0.15) is 15.2 Å². The molecule has 84 valence electrons. The van der Waals surface area contributed by atoms with E-state index in [2.05, 4.69) is 5.10 Å². The molecule has 0 saturated carbocycles. The van der Waals surface area contributed by atoms with Crippen molar-refractivity contribution in [1.82, 2.24) is 9.78 Å². The fraction of sp³-hybridized carbons (Fsp3) is 0.200. The molecule has 0 fully saturated rings. The van der Waals surface area contributed by atoms with Gasteiger partial charge in [-0.25, -0.2) is 4.79 Å². The van der Waals surface area contributed by atoms with E-state index in [-0.39, 0.29) is 0 Å². The van der Waals surface area contributed by atoms with E-state index in [4.69, 9.17) is 5.11 Å². The Morgan fingerprint density at radius 2 is 2.50 bits per heavy atom. The van der Waals surface area contributed by atoms with Crippen LogP contribution in [0.5, 0.6) is 0 Å². The van der Waals surface area contributed by atoms with E-state index >= 15 is 0 Å². The van der Waals surface area contributed by atoms with Gasteiger partial charge in [-0.05, 0) is 17.0 Å². The summed E-state index contributed by atoms with van der Waals surface area (Å²) in [6.07, 6.45) is 3.69. The number of hydrogen-bond acceptors (Lipinski definition) is 4. The number of aryl methyl sites for hydroxylation is 1. The molecule has 16 heavy (non-hydrogen) atoms. The third-order valence-electron chi connectivity index (χ3n) is 2.02. The highest BCUT2D eigenvalue weighted by molar-refractivity contribution is 7.98. The molecule has 2 aromatic heterocycles. The molecule has 0 saturated heterocycles. The number of rotatable bonds is 4. The summed E-state index contributed by atoms with van der Waals surface area (Å²) in [4.78, 5) is 12.4. The summed E-state index contributed by atoms with van der Waals surface area (Å²) in [6.45, 7) is 0. The van der Waals surface area contributed by atoms with E-state index in [9.17, 15) is 4.79 Å². The van der Waals surface area contributed by atoms with E-state index in [0.29, 0.717) is 10.6 Å². The first-order chi connectivity index (χ1) is 7.66. The molecule has 0 atom stereocenters. The highest BCUT2D eigenvalue weighted by Gasteiger charge is 2.11. The first-order valence-electron chi connectivity index (χ1n) is 4.58. The molecule has 2 heterocycles. The Morgan fingerprint density at radius 1 is 1.69 bits per heavy atom. The van der Waals surface area contributed by atoms with Crippen LogP contribution in [0.3, 0.4) is 0 Å². The molecule has 0 amide bonds. The standard InChI is InChI=1S/C10H10N2O2S2/c1-12-5-8(4-11-12)16-6-7-2-3-15-9(7)10(13)14/h2-5H,6H2,1H3,(H,13,14). The largest absolute Gasteiger partial charge is 0.477 e. The fourth-order valence-electron chi connectivity index (χ4n) is 1.27. The Morgan fingerprint density at radius 3 is 3.12 bits per heavy atom. The second-order valence-corrected chi connectivity index (χ2v) is 5.18. The number of aromatic carboxylic acids is 1. The van der Waals surface area contributed by atoms with Crippen LogP contribution in [0.2, 0.25) is 0 Å². The Kier molecular flexibility index (Phi) is 3.31. The van der Waals surface area contributed by atoms with Gasteiger partial charge in [-0.15, -0.1) is 23.1 Å². The Bertz CT molecular complexity index is 504. The van der Waals surface area contributed by atoms with E-state index in [0.717, 1.165) is 10.5 Å². The van der Waals surface area contributed by atoms with Gasteiger partial charge in [-0.1, -0.05) is 0 Å². The molecule has 0 unspecified atom stereocenters. The molecule has 2 aromatic rings. The number of thioether (sulfide) groups is 1. The van der Waals surface area contributed by atoms with Crippen molar-refractivity contribution in [2.75, 3.05) is 0 Å². The molecule has 0 aromatic carbocycles. The lowest BCUT2D eigenvalue weighted by molar-refractivity contribution is 0.0701. The van der Waals surface area contributed by atoms with Crippen molar-refractivity contribution < 1.29 is 9.90 Å². The van der Waals surface area contributed by atoms with Crippen LogP contribution in [0.15, 0.2) is 28.7 Å². The Balaban J connectivity index is 2.04. The summed E-state index contributed by atoms with van der Waals surface area (Å²) in [6, 6.07) is 1.86. The minimum Gasteiger partial charge on any atom is -0.477 e. The third kappa shape index (κ3) is 2.45. The van der Waals surface area contributed by atoms with Gasteiger partial charge in [0.25, 0.3) is 0 Å². The SMILES string of the molecule is Cn1cc(SCc2ccsc2C(=O)O)cn1. The molecule has 0 aliphatic heterocycles. The van der Waals surface area contributed by atoms with E-state index in [1.165, 1.54) is 11.3 Å². The second kappa shape index (κ2) is 4.71. The molecule has 0 bridgehead atoms. The number of carbonyl (C=O) groups is 1. The summed E-state index contributed by atoms with van der Waals surface area (Å²) in [5, 5.41) is 14.8. The van der Waals surface area contributed by atoms with Gasteiger partial charge in [0.1, 0.15) is 4.88 Å².